The van der Waals surface area contributed by atoms with Crippen molar-refractivity contribution >= 4 is 5.69 Å². The SMILES string of the molecule is Cc1cc(N(C)CCN)c(C)cn1. The Bertz CT molecular complexity index is 283. The van der Waals surface area contributed by atoms with Crippen LogP contribution in [-0.4, -0.2) is 25.1 Å². The standard InChI is InChI=1S/C10H17N3/c1-8-7-12-9(2)6-10(8)13(3)5-4-11/h6-7H,4-5,11H2,1-3H3. The highest BCUT2D eigenvalue weighted by Gasteiger charge is 2.03. The van der Waals surface area contributed by atoms with E-state index >= 15 is 0 Å². The van der Waals surface area contributed by atoms with Crippen molar-refractivity contribution in [1.29, 1.82) is 0 Å². The molecule has 72 valence electrons. The predicted octanol–water partition coefficient (Wildman–Crippen LogP) is 1.09. The molecule has 0 saturated heterocycles. The van der Waals surface area contributed by atoms with E-state index in [2.05, 4.69) is 29.9 Å². The molecular weight excluding hydrogens is 162 g/mol. The first kappa shape index (κ1) is 9.99. The van der Waals surface area contributed by atoms with E-state index in [0.29, 0.717) is 6.54 Å². The molecule has 0 radical (unpaired) electrons. The van der Waals surface area contributed by atoms with Gasteiger partial charge in [-0.05, 0) is 25.5 Å². The summed E-state index contributed by atoms with van der Waals surface area (Å²) in [5.41, 5.74) is 8.96. The Morgan fingerprint density at radius 3 is 2.77 bits per heavy atom. The lowest BCUT2D eigenvalue weighted by Crippen LogP contribution is -2.25. The summed E-state index contributed by atoms with van der Waals surface area (Å²) in [7, 11) is 2.05. The van der Waals surface area contributed by atoms with Crippen LogP contribution in [0.4, 0.5) is 5.69 Å². The molecule has 0 spiro atoms. The minimum atomic E-state index is 0.678. The smallest absolute Gasteiger partial charge is 0.0427 e. The van der Waals surface area contributed by atoms with Crippen LogP contribution in [-0.2, 0) is 0 Å². The van der Waals surface area contributed by atoms with Gasteiger partial charge in [0.1, 0.15) is 0 Å². The van der Waals surface area contributed by atoms with Gasteiger partial charge < -0.3 is 10.6 Å². The molecule has 0 aliphatic heterocycles. The van der Waals surface area contributed by atoms with Crippen LogP contribution in [0.5, 0.6) is 0 Å². The summed E-state index contributed by atoms with van der Waals surface area (Å²) in [6.07, 6.45) is 1.90. The van der Waals surface area contributed by atoms with Crippen LogP contribution in [0.15, 0.2) is 12.3 Å². The second-order valence-corrected chi connectivity index (χ2v) is 3.32. The monoisotopic (exact) mass is 179 g/mol. The Morgan fingerprint density at radius 2 is 2.15 bits per heavy atom. The number of nitrogens with two attached hydrogens (primary N) is 1. The fourth-order valence-electron chi connectivity index (χ4n) is 1.34. The molecule has 0 unspecified atom stereocenters. The lowest BCUT2D eigenvalue weighted by Gasteiger charge is -2.20. The predicted molar refractivity (Wildman–Crippen MR) is 56.0 cm³/mol. The molecule has 3 nitrogen and oxygen atoms in total. The van der Waals surface area contributed by atoms with Crippen LogP contribution in [0.3, 0.4) is 0 Å². The van der Waals surface area contributed by atoms with Crippen molar-refractivity contribution in [3.63, 3.8) is 0 Å². The van der Waals surface area contributed by atoms with Crippen LogP contribution >= 0.6 is 0 Å². The number of hydrogen-bond acceptors (Lipinski definition) is 3. The van der Waals surface area contributed by atoms with E-state index in [0.717, 1.165) is 12.2 Å². The zero-order valence-corrected chi connectivity index (χ0v) is 8.54. The maximum Gasteiger partial charge on any atom is 0.0427 e. The van der Waals surface area contributed by atoms with Crippen LogP contribution in [0.2, 0.25) is 0 Å². The average molecular weight is 179 g/mol. The Balaban J connectivity index is 2.91. The van der Waals surface area contributed by atoms with Crippen molar-refractivity contribution < 1.29 is 0 Å². The topological polar surface area (TPSA) is 42.1 Å². The van der Waals surface area contributed by atoms with Gasteiger partial charge in [0.15, 0.2) is 0 Å². The molecule has 0 aliphatic rings. The number of nitrogens with zero attached hydrogens (tertiary/aromatic N) is 2. The summed E-state index contributed by atoms with van der Waals surface area (Å²) in [5, 5.41) is 0. The van der Waals surface area contributed by atoms with Gasteiger partial charge in [-0.1, -0.05) is 0 Å². The third-order valence-electron chi connectivity index (χ3n) is 2.09. The largest absolute Gasteiger partial charge is 0.373 e. The van der Waals surface area contributed by atoms with Crippen molar-refractivity contribution in [3.8, 4) is 0 Å². The molecular formula is C10H17N3. The summed E-state index contributed by atoms with van der Waals surface area (Å²) >= 11 is 0. The molecule has 3 heteroatoms. The van der Waals surface area contributed by atoms with Gasteiger partial charge in [-0.25, -0.2) is 0 Å². The summed E-state index contributed by atoms with van der Waals surface area (Å²) < 4.78 is 0. The van der Waals surface area contributed by atoms with E-state index < -0.39 is 0 Å². The quantitative estimate of drug-likeness (QED) is 0.755. The summed E-state index contributed by atoms with van der Waals surface area (Å²) in [5.74, 6) is 0. The number of pyridine rings is 1. The maximum atomic E-state index is 5.50. The van der Waals surface area contributed by atoms with Gasteiger partial charge in [0.05, 0.1) is 0 Å². The van der Waals surface area contributed by atoms with Gasteiger partial charge in [-0.2, -0.15) is 0 Å². The molecule has 0 aromatic carbocycles. The number of rotatable bonds is 3. The van der Waals surface area contributed by atoms with Gasteiger partial charge in [0.2, 0.25) is 0 Å². The molecule has 0 saturated carbocycles. The first-order valence-corrected chi connectivity index (χ1v) is 4.49. The summed E-state index contributed by atoms with van der Waals surface area (Å²) in [4.78, 5) is 6.38. The van der Waals surface area contributed by atoms with Crippen LogP contribution in [0, 0.1) is 13.8 Å². The molecule has 1 aromatic heterocycles. The van der Waals surface area contributed by atoms with Gasteiger partial charge >= 0.3 is 0 Å². The Kier molecular flexibility index (Phi) is 3.25. The van der Waals surface area contributed by atoms with Crippen molar-refractivity contribution in [3.05, 3.63) is 23.5 Å². The highest BCUT2D eigenvalue weighted by Crippen LogP contribution is 2.17. The molecule has 0 amide bonds. The number of likely N-dealkylation sites (N-methyl/N-ethyl adjacent to an activating group) is 1. The number of aromatic nitrogens is 1. The molecule has 2 N–H and O–H groups in total. The third kappa shape index (κ3) is 2.42. The maximum absolute atomic E-state index is 5.50. The molecule has 1 rings (SSSR count). The van der Waals surface area contributed by atoms with E-state index in [1.54, 1.807) is 0 Å². The van der Waals surface area contributed by atoms with Gasteiger partial charge in [-0.15, -0.1) is 0 Å². The fraction of sp³-hybridized carbons (Fsp3) is 0.500. The molecule has 1 heterocycles. The molecule has 0 atom stereocenters. The first-order chi connectivity index (χ1) is 6.15. The van der Waals surface area contributed by atoms with Crippen molar-refractivity contribution in [1.82, 2.24) is 4.98 Å². The normalized spacial score (nSPS) is 10.2. The Labute approximate surface area is 79.6 Å². The molecule has 0 aliphatic carbocycles. The Morgan fingerprint density at radius 1 is 1.46 bits per heavy atom. The molecule has 0 bridgehead atoms. The van der Waals surface area contributed by atoms with Crippen LogP contribution in [0.1, 0.15) is 11.3 Å². The molecule has 13 heavy (non-hydrogen) atoms. The third-order valence-corrected chi connectivity index (χ3v) is 2.09. The second kappa shape index (κ2) is 4.23. The van der Waals surface area contributed by atoms with Crippen molar-refractivity contribution in [2.75, 3.05) is 25.0 Å². The highest BCUT2D eigenvalue weighted by atomic mass is 15.1. The van der Waals surface area contributed by atoms with Gasteiger partial charge in [0.25, 0.3) is 0 Å². The van der Waals surface area contributed by atoms with Gasteiger partial charge in [0, 0.05) is 37.7 Å². The lowest BCUT2D eigenvalue weighted by molar-refractivity contribution is 0.878. The highest BCUT2D eigenvalue weighted by molar-refractivity contribution is 5.52. The fourth-order valence-corrected chi connectivity index (χ4v) is 1.34. The average Bonchev–Trinajstić information content (AvgIpc) is 2.09. The van der Waals surface area contributed by atoms with E-state index in [1.807, 2.05) is 13.1 Å². The number of hydrogen-bond donors (Lipinski definition) is 1. The van der Waals surface area contributed by atoms with E-state index in [-0.39, 0.29) is 0 Å². The Hall–Kier alpha value is -1.09. The summed E-state index contributed by atoms with van der Waals surface area (Å²) in [6, 6.07) is 2.09. The van der Waals surface area contributed by atoms with Crippen LogP contribution in [0.25, 0.3) is 0 Å². The van der Waals surface area contributed by atoms with E-state index in [1.165, 1.54) is 11.3 Å². The van der Waals surface area contributed by atoms with E-state index in [4.69, 9.17) is 5.73 Å². The van der Waals surface area contributed by atoms with Crippen molar-refractivity contribution in [2.24, 2.45) is 5.73 Å². The second-order valence-electron chi connectivity index (χ2n) is 3.32. The first-order valence-electron chi connectivity index (χ1n) is 4.49. The number of anilines is 1. The minimum Gasteiger partial charge on any atom is -0.373 e. The van der Waals surface area contributed by atoms with Crippen LogP contribution < -0.4 is 10.6 Å². The van der Waals surface area contributed by atoms with Crippen molar-refractivity contribution in [2.45, 2.75) is 13.8 Å². The zero-order valence-electron chi connectivity index (χ0n) is 8.54. The summed E-state index contributed by atoms with van der Waals surface area (Å²) in [6.45, 7) is 5.62. The van der Waals surface area contributed by atoms with Gasteiger partial charge in [-0.3, -0.25) is 4.98 Å². The minimum absolute atomic E-state index is 0.678. The molecule has 1 aromatic rings. The lowest BCUT2D eigenvalue weighted by atomic mass is 10.2. The molecule has 0 fully saturated rings. The van der Waals surface area contributed by atoms with E-state index in [9.17, 15) is 0 Å². The number of aryl methyl sites for hydroxylation is 2. The zero-order chi connectivity index (χ0) is 9.84.